The van der Waals surface area contributed by atoms with Crippen LogP contribution >= 0.6 is 0 Å². The van der Waals surface area contributed by atoms with Gasteiger partial charge >= 0.3 is 0 Å². The molecular formula is C23H20N2O. The summed E-state index contributed by atoms with van der Waals surface area (Å²) in [4.78, 5) is 0. The quantitative estimate of drug-likeness (QED) is 0.489. The highest BCUT2D eigenvalue weighted by molar-refractivity contribution is 5.70. The molecular weight excluding hydrogens is 320 g/mol. The molecule has 0 aliphatic carbocycles. The third-order valence-electron chi connectivity index (χ3n) is 4.44. The maximum Gasteiger partial charge on any atom is 0.118 e. The van der Waals surface area contributed by atoms with Crippen LogP contribution in [0.2, 0.25) is 0 Å². The molecule has 1 heterocycles. The number of aromatic nitrogens is 2. The second-order valence-electron chi connectivity index (χ2n) is 6.26. The number of ether oxygens (including phenoxy) is 1. The van der Waals surface area contributed by atoms with Crippen molar-refractivity contribution in [1.82, 2.24) is 9.78 Å². The Labute approximate surface area is 153 Å². The van der Waals surface area contributed by atoms with Crippen LogP contribution < -0.4 is 4.74 Å². The van der Waals surface area contributed by atoms with Gasteiger partial charge in [-0.1, -0.05) is 48.0 Å². The molecule has 0 atom stereocenters. The van der Waals surface area contributed by atoms with Crippen LogP contribution in [0.3, 0.4) is 0 Å². The summed E-state index contributed by atoms with van der Waals surface area (Å²) in [5.74, 6) is 0.843. The molecule has 0 amide bonds. The number of aryl methyl sites for hydroxylation is 1. The van der Waals surface area contributed by atoms with Crippen molar-refractivity contribution in [3.05, 3.63) is 90.5 Å². The smallest absolute Gasteiger partial charge is 0.118 e. The van der Waals surface area contributed by atoms with E-state index in [9.17, 15) is 0 Å². The van der Waals surface area contributed by atoms with Crippen LogP contribution in [0.15, 0.2) is 84.9 Å². The summed E-state index contributed by atoms with van der Waals surface area (Å²) in [6.45, 7) is 2.09. The molecule has 128 valence electrons. The largest absolute Gasteiger partial charge is 0.497 e. The lowest BCUT2D eigenvalue weighted by Gasteiger charge is -2.08. The standard InChI is InChI=1S/C23H20N2O/c1-17-8-12-20(13-9-17)25-23(19-6-4-3-5-7-19)16-22(24-25)18-10-14-21(26-2)15-11-18/h3-16H,1-2H3. The monoisotopic (exact) mass is 340 g/mol. The molecule has 0 fully saturated rings. The molecule has 4 rings (SSSR count). The molecule has 0 bridgehead atoms. The SMILES string of the molecule is COc1ccc(-c2cc(-c3ccccc3)n(-c3ccc(C)cc3)n2)cc1. The van der Waals surface area contributed by atoms with Gasteiger partial charge in [0.2, 0.25) is 0 Å². The molecule has 0 saturated heterocycles. The Kier molecular flexibility index (Phi) is 4.28. The molecule has 0 spiro atoms. The minimum absolute atomic E-state index is 0.843. The summed E-state index contributed by atoms with van der Waals surface area (Å²) in [6, 6.07) is 28.9. The summed E-state index contributed by atoms with van der Waals surface area (Å²) in [5.41, 5.74) is 6.49. The van der Waals surface area contributed by atoms with Gasteiger partial charge in [-0.15, -0.1) is 0 Å². The molecule has 0 unspecified atom stereocenters. The van der Waals surface area contributed by atoms with Crippen molar-refractivity contribution in [3.63, 3.8) is 0 Å². The Balaban J connectivity index is 1.85. The van der Waals surface area contributed by atoms with E-state index in [2.05, 4.69) is 61.5 Å². The fourth-order valence-corrected chi connectivity index (χ4v) is 2.98. The van der Waals surface area contributed by atoms with Gasteiger partial charge in [0.1, 0.15) is 5.75 Å². The second-order valence-corrected chi connectivity index (χ2v) is 6.26. The van der Waals surface area contributed by atoms with Gasteiger partial charge in [0.15, 0.2) is 0 Å². The van der Waals surface area contributed by atoms with E-state index in [1.165, 1.54) is 5.56 Å². The Morgan fingerprint density at radius 3 is 2.12 bits per heavy atom. The topological polar surface area (TPSA) is 27.1 Å². The highest BCUT2D eigenvalue weighted by Crippen LogP contribution is 2.29. The summed E-state index contributed by atoms with van der Waals surface area (Å²) in [5, 5.41) is 4.89. The Hall–Kier alpha value is -3.33. The Morgan fingerprint density at radius 2 is 1.46 bits per heavy atom. The van der Waals surface area contributed by atoms with Crippen LogP contribution in [0.25, 0.3) is 28.2 Å². The Bertz CT molecular complexity index is 1000. The molecule has 3 heteroatoms. The maximum absolute atomic E-state index is 5.26. The molecule has 0 radical (unpaired) electrons. The zero-order valence-corrected chi connectivity index (χ0v) is 14.9. The van der Waals surface area contributed by atoms with Gasteiger partial charge in [0.25, 0.3) is 0 Å². The molecule has 0 saturated carbocycles. The van der Waals surface area contributed by atoms with E-state index in [0.29, 0.717) is 0 Å². The Morgan fingerprint density at radius 1 is 0.769 bits per heavy atom. The maximum atomic E-state index is 5.26. The minimum atomic E-state index is 0.843. The van der Waals surface area contributed by atoms with Crippen LogP contribution in [-0.4, -0.2) is 16.9 Å². The molecule has 0 N–H and O–H groups in total. The third kappa shape index (κ3) is 3.11. The number of benzene rings is 3. The summed E-state index contributed by atoms with van der Waals surface area (Å²) in [7, 11) is 1.68. The van der Waals surface area contributed by atoms with Crippen molar-refractivity contribution in [2.45, 2.75) is 6.92 Å². The normalized spacial score (nSPS) is 10.7. The summed E-state index contributed by atoms with van der Waals surface area (Å²) >= 11 is 0. The van der Waals surface area contributed by atoms with E-state index >= 15 is 0 Å². The number of rotatable bonds is 4. The predicted octanol–water partition coefficient (Wildman–Crippen LogP) is 5.52. The molecule has 0 aliphatic rings. The van der Waals surface area contributed by atoms with Crippen molar-refractivity contribution in [2.24, 2.45) is 0 Å². The zero-order valence-electron chi connectivity index (χ0n) is 14.9. The lowest BCUT2D eigenvalue weighted by atomic mass is 10.1. The van der Waals surface area contributed by atoms with Crippen LogP contribution in [0.5, 0.6) is 5.75 Å². The first-order chi connectivity index (χ1) is 12.7. The van der Waals surface area contributed by atoms with Gasteiger partial charge in [-0.3, -0.25) is 0 Å². The molecule has 3 nitrogen and oxygen atoms in total. The van der Waals surface area contributed by atoms with Crippen LogP contribution in [-0.2, 0) is 0 Å². The van der Waals surface area contributed by atoms with Crippen molar-refractivity contribution in [2.75, 3.05) is 7.11 Å². The fraction of sp³-hybridized carbons (Fsp3) is 0.0870. The van der Waals surface area contributed by atoms with Crippen LogP contribution in [0.1, 0.15) is 5.56 Å². The lowest BCUT2D eigenvalue weighted by molar-refractivity contribution is 0.415. The molecule has 26 heavy (non-hydrogen) atoms. The number of nitrogens with zero attached hydrogens (tertiary/aromatic N) is 2. The van der Waals surface area contributed by atoms with E-state index in [-0.39, 0.29) is 0 Å². The van der Waals surface area contributed by atoms with Gasteiger partial charge in [-0.05, 0) is 49.4 Å². The van der Waals surface area contributed by atoms with Gasteiger partial charge in [0.05, 0.1) is 24.2 Å². The van der Waals surface area contributed by atoms with Gasteiger partial charge in [-0.25, -0.2) is 4.68 Å². The fourth-order valence-electron chi connectivity index (χ4n) is 2.98. The molecule has 0 aliphatic heterocycles. The average Bonchev–Trinajstić information content (AvgIpc) is 3.15. The van der Waals surface area contributed by atoms with E-state index in [1.807, 2.05) is 35.0 Å². The van der Waals surface area contributed by atoms with Crippen LogP contribution in [0, 0.1) is 6.92 Å². The van der Waals surface area contributed by atoms with E-state index in [4.69, 9.17) is 9.84 Å². The first-order valence-corrected chi connectivity index (χ1v) is 8.61. The predicted molar refractivity (Wildman–Crippen MR) is 106 cm³/mol. The summed E-state index contributed by atoms with van der Waals surface area (Å²) < 4.78 is 7.27. The van der Waals surface area contributed by atoms with Crippen molar-refractivity contribution < 1.29 is 4.74 Å². The third-order valence-corrected chi connectivity index (χ3v) is 4.44. The summed E-state index contributed by atoms with van der Waals surface area (Å²) in [6.07, 6.45) is 0. The second kappa shape index (κ2) is 6.89. The zero-order chi connectivity index (χ0) is 17.9. The van der Waals surface area contributed by atoms with Crippen molar-refractivity contribution in [3.8, 4) is 34.0 Å². The number of methoxy groups -OCH3 is 1. The van der Waals surface area contributed by atoms with Crippen molar-refractivity contribution in [1.29, 1.82) is 0 Å². The lowest BCUT2D eigenvalue weighted by Crippen LogP contribution is -1.99. The number of hydrogen-bond donors (Lipinski definition) is 0. The van der Waals surface area contributed by atoms with Gasteiger partial charge in [0, 0.05) is 11.1 Å². The van der Waals surface area contributed by atoms with E-state index in [1.54, 1.807) is 7.11 Å². The molecule has 4 aromatic rings. The van der Waals surface area contributed by atoms with Gasteiger partial charge in [-0.2, -0.15) is 5.10 Å². The average molecular weight is 340 g/mol. The van der Waals surface area contributed by atoms with Crippen molar-refractivity contribution >= 4 is 0 Å². The number of hydrogen-bond acceptors (Lipinski definition) is 2. The molecule has 1 aromatic heterocycles. The first kappa shape index (κ1) is 16.2. The minimum Gasteiger partial charge on any atom is -0.497 e. The highest BCUT2D eigenvalue weighted by atomic mass is 16.5. The molecule has 3 aromatic carbocycles. The van der Waals surface area contributed by atoms with Gasteiger partial charge < -0.3 is 4.74 Å². The van der Waals surface area contributed by atoms with E-state index < -0.39 is 0 Å². The van der Waals surface area contributed by atoms with E-state index in [0.717, 1.165) is 34.0 Å². The first-order valence-electron chi connectivity index (χ1n) is 8.61. The van der Waals surface area contributed by atoms with Crippen LogP contribution in [0.4, 0.5) is 0 Å². The highest BCUT2D eigenvalue weighted by Gasteiger charge is 2.13.